The quantitative estimate of drug-likeness (QED) is 0.446. The zero-order valence-electron chi connectivity index (χ0n) is 19.6. The Labute approximate surface area is 189 Å². The molecule has 5 aliphatic carbocycles. The highest BCUT2D eigenvalue weighted by Gasteiger charge is 2.91. The molecule has 0 aromatic carbocycles. The van der Waals surface area contributed by atoms with Gasteiger partial charge in [-0.1, -0.05) is 6.92 Å². The summed E-state index contributed by atoms with van der Waals surface area (Å²) in [7, 11) is 4.95. The lowest BCUT2D eigenvalue weighted by atomic mass is 9.42. The van der Waals surface area contributed by atoms with Gasteiger partial charge in [-0.2, -0.15) is 0 Å². The Kier molecular flexibility index (Phi) is 4.62. The Morgan fingerprint density at radius 2 is 1.84 bits per heavy atom. The van der Waals surface area contributed by atoms with Crippen molar-refractivity contribution in [3.8, 4) is 0 Å². The van der Waals surface area contributed by atoms with Crippen molar-refractivity contribution >= 4 is 0 Å². The van der Waals surface area contributed by atoms with Gasteiger partial charge in [0.25, 0.3) is 0 Å². The van der Waals surface area contributed by atoms with E-state index in [-0.39, 0.29) is 35.7 Å². The molecule has 7 bridgehead atoms. The van der Waals surface area contributed by atoms with E-state index in [0.717, 1.165) is 13.0 Å². The standard InChI is InChI=1S/C24H39NO7/c1-5-25-10-21(11-30-2)7-6-15(26)23-13-8-12-14(31-3)9-22(28,16(13)17(12)27)24(29,20(23)25)19(32-4)18(21)23/h12-20,26-29H,5-11H2,1-4H3/t12-,13?,14+,15+,16?,17+,18?,19+,20+,21+,22-,23+,24+/m1/s1. The number of nitrogens with zero attached hydrogens (tertiary/aromatic N) is 1. The van der Waals surface area contributed by atoms with E-state index in [4.69, 9.17) is 14.2 Å². The third-order valence-electron chi connectivity index (χ3n) is 11.2. The van der Waals surface area contributed by atoms with E-state index in [0.29, 0.717) is 26.0 Å². The summed E-state index contributed by atoms with van der Waals surface area (Å²) in [5.74, 6) is -0.889. The summed E-state index contributed by atoms with van der Waals surface area (Å²) < 4.78 is 17.7. The Hall–Kier alpha value is -0.320. The molecule has 8 heteroatoms. The molecule has 3 unspecified atom stereocenters. The lowest BCUT2D eigenvalue weighted by molar-refractivity contribution is -0.317. The number of hydrogen-bond donors (Lipinski definition) is 4. The van der Waals surface area contributed by atoms with Crippen molar-refractivity contribution in [3.05, 3.63) is 0 Å². The number of piperidine rings is 1. The van der Waals surface area contributed by atoms with E-state index in [2.05, 4.69) is 11.8 Å². The van der Waals surface area contributed by atoms with Gasteiger partial charge in [0.15, 0.2) is 0 Å². The maximum Gasteiger partial charge on any atom is 0.136 e. The molecule has 6 aliphatic rings. The minimum Gasteiger partial charge on any atom is -0.392 e. The highest BCUT2D eigenvalue weighted by Crippen LogP contribution is 2.80. The number of hydrogen-bond acceptors (Lipinski definition) is 8. The maximum absolute atomic E-state index is 12.8. The number of methoxy groups -OCH3 is 3. The van der Waals surface area contributed by atoms with Crippen LogP contribution in [0.5, 0.6) is 0 Å². The van der Waals surface area contributed by atoms with Crippen molar-refractivity contribution in [2.24, 2.45) is 34.5 Å². The fourth-order valence-corrected chi connectivity index (χ4v) is 10.7. The molecule has 0 amide bonds. The van der Waals surface area contributed by atoms with Gasteiger partial charge < -0.3 is 34.6 Å². The smallest absolute Gasteiger partial charge is 0.136 e. The number of rotatable bonds is 5. The number of fused-ring (bicyclic) bond motifs is 2. The average molecular weight is 454 g/mol. The minimum absolute atomic E-state index is 0.102. The van der Waals surface area contributed by atoms with Crippen LogP contribution in [0.25, 0.3) is 0 Å². The molecule has 6 fully saturated rings. The average Bonchev–Trinajstić information content (AvgIpc) is 3.14. The zero-order chi connectivity index (χ0) is 22.8. The van der Waals surface area contributed by atoms with E-state index in [1.165, 1.54) is 0 Å². The molecule has 0 radical (unpaired) electrons. The summed E-state index contributed by atoms with van der Waals surface area (Å²) in [5.41, 5.74) is -4.15. The highest BCUT2D eigenvalue weighted by atomic mass is 16.5. The van der Waals surface area contributed by atoms with Crippen molar-refractivity contribution in [3.63, 3.8) is 0 Å². The van der Waals surface area contributed by atoms with Crippen LogP contribution in [0.1, 0.15) is 32.6 Å². The summed E-state index contributed by atoms with van der Waals surface area (Å²) in [5, 5.41) is 48.5. The van der Waals surface area contributed by atoms with Crippen molar-refractivity contribution in [2.75, 3.05) is 41.0 Å². The number of aliphatic hydroxyl groups is 4. The van der Waals surface area contributed by atoms with Crippen LogP contribution in [0, 0.1) is 34.5 Å². The Morgan fingerprint density at radius 1 is 1.09 bits per heavy atom. The number of likely N-dealkylation sites (tertiary alicyclic amines) is 1. The molecule has 4 N–H and O–H groups in total. The first-order valence-corrected chi connectivity index (χ1v) is 12.3. The second kappa shape index (κ2) is 6.66. The van der Waals surface area contributed by atoms with Crippen LogP contribution in [0.4, 0.5) is 0 Å². The Morgan fingerprint density at radius 3 is 2.47 bits per heavy atom. The number of ether oxygens (including phenoxy) is 3. The van der Waals surface area contributed by atoms with Gasteiger partial charge in [0.1, 0.15) is 11.2 Å². The van der Waals surface area contributed by atoms with Gasteiger partial charge in [0.2, 0.25) is 0 Å². The van der Waals surface area contributed by atoms with E-state index in [1.807, 2.05) is 0 Å². The first-order valence-electron chi connectivity index (χ1n) is 12.3. The van der Waals surface area contributed by atoms with Crippen LogP contribution >= 0.6 is 0 Å². The molecule has 0 aromatic heterocycles. The molecule has 182 valence electrons. The summed E-state index contributed by atoms with van der Waals surface area (Å²) in [6, 6.07) is -0.442. The summed E-state index contributed by atoms with van der Waals surface area (Å²) in [6.45, 7) is 4.05. The van der Waals surface area contributed by atoms with Crippen molar-refractivity contribution in [1.29, 1.82) is 0 Å². The third-order valence-corrected chi connectivity index (χ3v) is 11.2. The van der Waals surface area contributed by atoms with Crippen LogP contribution in [0.15, 0.2) is 0 Å². The Bertz CT molecular complexity index is 798. The monoisotopic (exact) mass is 453 g/mol. The second-order valence-corrected chi connectivity index (χ2v) is 11.7. The fraction of sp³-hybridized carbons (Fsp3) is 1.00. The maximum atomic E-state index is 12.8. The molecule has 1 saturated heterocycles. The lowest BCUT2D eigenvalue weighted by Gasteiger charge is -2.69. The van der Waals surface area contributed by atoms with Gasteiger partial charge >= 0.3 is 0 Å². The lowest BCUT2D eigenvalue weighted by Crippen LogP contribution is -2.81. The molecule has 1 aliphatic heterocycles. The highest BCUT2D eigenvalue weighted by molar-refractivity contribution is 5.41. The molecule has 0 aromatic rings. The molecule has 1 spiro atoms. The molecule has 32 heavy (non-hydrogen) atoms. The summed E-state index contributed by atoms with van der Waals surface area (Å²) in [4.78, 5) is 2.28. The molecule has 6 rings (SSSR count). The molecular formula is C24H39NO7. The molecule has 8 nitrogen and oxygen atoms in total. The SMILES string of the molecule is CCN1C[C@]2(COC)CC[C@H](O)[C@@]34C5C[C@@H]6[C@@H](OC)C[C@@](O)(C5[C@H]6O)[C@](O)([C@@H](OC)C23)[C@@H]14. The molecule has 1 heterocycles. The van der Waals surface area contributed by atoms with Gasteiger partial charge in [-0.3, -0.25) is 4.90 Å². The van der Waals surface area contributed by atoms with Gasteiger partial charge in [-0.05, 0) is 31.7 Å². The van der Waals surface area contributed by atoms with Crippen molar-refractivity contribution in [2.45, 2.75) is 74.3 Å². The Balaban J connectivity index is 1.67. The number of likely N-dealkylation sites (N-methyl/N-ethyl adjacent to an activating group) is 1. The van der Waals surface area contributed by atoms with Crippen molar-refractivity contribution < 1.29 is 34.6 Å². The van der Waals surface area contributed by atoms with Crippen LogP contribution < -0.4 is 0 Å². The van der Waals surface area contributed by atoms with E-state index in [1.54, 1.807) is 21.3 Å². The van der Waals surface area contributed by atoms with Crippen LogP contribution in [0.2, 0.25) is 0 Å². The molecule has 13 atom stereocenters. The van der Waals surface area contributed by atoms with E-state index in [9.17, 15) is 20.4 Å². The zero-order valence-corrected chi connectivity index (χ0v) is 19.6. The second-order valence-electron chi connectivity index (χ2n) is 11.7. The first kappa shape index (κ1) is 22.2. The van der Waals surface area contributed by atoms with Gasteiger partial charge in [-0.25, -0.2) is 0 Å². The minimum atomic E-state index is -1.63. The van der Waals surface area contributed by atoms with Gasteiger partial charge in [0.05, 0.1) is 37.1 Å². The van der Waals surface area contributed by atoms with Gasteiger partial charge in [-0.15, -0.1) is 0 Å². The molecule has 5 saturated carbocycles. The predicted octanol–water partition coefficient (Wildman–Crippen LogP) is -0.383. The number of aliphatic hydroxyl groups excluding tert-OH is 2. The molecular weight excluding hydrogens is 414 g/mol. The third kappa shape index (κ3) is 1.99. The predicted molar refractivity (Wildman–Crippen MR) is 114 cm³/mol. The fourth-order valence-electron chi connectivity index (χ4n) is 10.7. The van der Waals surface area contributed by atoms with E-state index < -0.39 is 46.9 Å². The topological polar surface area (TPSA) is 112 Å². The normalized spacial score (nSPS) is 62.4. The van der Waals surface area contributed by atoms with Gasteiger partial charge in [0, 0.05) is 62.9 Å². The van der Waals surface area contributed by atoms with Crippen LogP contribution in [-0.4, -0.2) is 108 Å². The van der Waals surface area contributed by atoms with Crippen molar-refractivity contribution in [1.82, 2.24) is 4.90 Å². The van der Waals surface area contributed by atoms with Crippen LogP contribution in [-0.2, 0) is 14.2 Å². The summed E-state index contributed by atoms with van der Waals surface area (Å²) >= 11 is 0. The first-order chi connectivity index (χ1) is 15.2. The van der Waals surface area contributed by atoms with E-state index >= 15 is 0 Å². The van der Waals surface area contributed by atoms with Crippen LogP contribution in [0.3, 0.4) is 0 Å². The largest absolute Gasteiger partial charge is 0.392 e. The summed E-state index contributed by atoms with van der Waals surface area (Å²) in [6.07, 6.45) is -0.0296.